The Kier molecular flexibility index (Phi) is 2.71. The second kappa shape index (κ2) is 3.59. The monoisotopic (exact) mass is 165 g/mol. The number of aliphatic hydroxyl groups is 1. The summed E-state index contributed by atoms with van der Waals surface area (Å²) in [4.78, 5) is 0. The average molecular weight is 165 g/mol. The SMILES string of the molecule is Cc1c(N)ccc(CCO)c1C. The third-order valence-corrected chi connectivity index (χ3v) is 2.32. The molecule has 2 nitrogen and oxygen atoms in total. The van der Waals surface area contributed by atoms with Crippen LogP contribution in [0.1, 0.15) is 16.7 Å². The van der Waals surface area contributed by atoms with Crippen LogP contribution in [-0.4, -0.2) is 11.7 Å². The summed E-state index contributed by atoms with van der Waals surface area (Å²) in [7, 11) is 0. The molecule has 1 rings (SSSR count). The highest BCUT2D eigenvalue weighted by molar-refractivity contribution is 5.52. The zero-order valence-electron chi connectivity index (χ0n) is 7.59. The molecule has 0 aliphatic heterocycles. The molecule has 0 heterocycles. The fourth-order valence-electron chi connectivity index (χ4n) is 1.29. The van der Waals surface area contributed by atoms with Gasteiger partial charge in [0.25, 0.3) is 0 Å². The maximum atomic E-state index is 8.77. The molecule has 0 aromatic heterocycles. The molecule has 0 bridgehead atoms. The first-order valence-electron chi connectivity index (χ1n) is 4.12. The molecule has 0 atom stereocenters. The number of aliphatic hydroxyl groups excluding tert-OH is 1. The van der Waals surface area contributed by atoms with Crippen LogP contribution in [0.4, 0.5) is 5.69 Å². The molecule has 12 heavy (non-hydrogen) atoms. The van der Waals surface area contributed by atoms with Gasteiger partial charge in [-0.2, -0.15) is 0 Å². The number of nitrogen functional groups attached to an aromatic ring is 1. The molecule has 0 spiro atoms. The fraction of sp³-hybridized carbons (Fsp3) is 0.400. The largest absolute Gasteiger partial charge is 0.399 e. The van der Waals surface area contributed by atoms with Crippen molar-refractivity contribution in [1.82, 2.24) is 0 Å². The van der Waals surface area contributed by atoms with E-state index in [1.54, 1.807) is 0 Å². The Morgan fingerprint density at radius 1 is 1.25 bits per heavy atom. The maximum absolute atomic E-state index is 8.77. The summed E-state index contributed by atoms with van der Waals surface area (Å²) >= 11 is 0. The van der Waals surface area contributed by atoms with Gasteiger partial charge in [-0.1, -0.05) is 6.07 Å². The van der Waals surface area contributed by atoms with Crippen LogP contribution in [0.15, 0.2) is 12.1 Å². The van der Waals surface area contributed by atoms with E-state index in [0.29, 0.717) is 6.42 Å². The van der Waals surface area contributed by atoms with Crippen LogP contribution in [0.25, 0.3) is 0 Å². The van der Waals surface area contributed by atoms with E-state index < -0.39 is 0 Å². The van der Waals surface area contributed by atoms with Crippen molar-refractivity contribution in [3.8, 4) is 0 Å². The number of nitrogens with two attached hydrogens (primary N) is 1. The number of hydrogen-bond donors (Lipinski definition) is 2. The predicted molar refractivity (Wildman–Crippen MR) is 51.1 cm³/mol. The lowest BCUT2D eigenvalue weighted by Gasteiger charge is -2.09. The van der Waals surface area contributed by atoms with Crippen LogP contribution in [0.2, 0.25) is 0 Å². The molecule has 0 fully saturated rings. The molecule has 1 aromatic rings. The molecule has 0 amide bonds. The van der Waals surface area contributed by atoms with E-state index in [9.17, 15) is 0 Å². The summed E-state index contributed by atoms with van der Waals surface area (Å²) < 4.78 is 0. The maximum Gasteiger partial charge on any atom is 0.0471 e. The molecule has 0 aliphatic carbocycles. The van der Waals surface area contributed by atoms with Gasteiger partial charge in [0.15, 0.2) is 0 Å². The minimum Gasteiger partial charge on any atom is -0.399 e. The minimum atomic E-state index is 0.199. The van der Waals surface area contributed by atoms with Gasteiger partial charge >= 0.3 is 0 Å². The third-order valence-electron chi connectivity index (χ3n) is 2.32. The van der Waals surface area contributed by atoms with E-state index in [0.717, 1.165) is 11.3 Å². The molecular formula is C10H15NO. The van der Waals surface area contributed by atoms with Gasteiger partial charge in [0.2, 0.25) is 0 Å². The van der Waals surface area contributed by atoms with E-state index in [1.165, 1.54) is 11.1 Å². The zero-order chi connectivity index (χ0) is 9.14. The van der Waals surface area contributed by atoms with E-state index in [-0.39, 0.29) is 6.61 Å². The van der Waals surface area contributed by atoms with Crippen molar-refractivity contribution >= 4 is 5.69 Å². The summed E-state index contributed by atoms with van der Waals surface area (Å²) in [5, 5.41) is 8.77. The molecule has 2 heteroatoms. The van der Waals surface area contributed by atoms with Crippen LogP contribution in [0.3, 0.4) is 0 Å². The van der Waals surface area contributed by atoms with E-state index >= 15 is 0 Å². The summed E-state index contributed by atoms with van der Waals surface area (Å²) in [6.45, 7) is 4.24. The molecule has 0 saturated carbocycles. The van der Waals surface area contributed by atoms with Crippen molar-refractivity contribution in [2.24, 2.45) is 0 Å². The topological polar surface area (TPSA) is 46.2 Å². The molecular weight excluding hydrogens is 150 g/mol. The fourth-order valence-corrected chi connectivity index (χ4v) is 1.29. The van der Waals surface area contributed by atoms with Gasteiger partial charge in [0.1, 0.15) is 0 Å². The molecule has 66 valence electrons. The predicted octanol–water partition coefficient (Wildman–Crippen LogP) is 1.42. The lowest BCUT2D eigenvalue weighted by molar-refractivity contribution is 0.299. The van der Waals surface area contributed by atoms with Crippen molar-refractivity contribution in [3.63, 3.8) is 0 Å². The van der Waals surface area contributed by atoms with Crippen LogP contribution in [-0.2, 0) is 6.42 Å². The van der Waals surface area contributed by atoms with Crippen molar-refractivity contribution in [2.45, 2.75) is 20.3 Å². The van der Waals surface area contributed by atoms with Crippen molar-refractivity contribution in [3.05, 3.63) is 28.8 Å². The molecule has 0 saturated heterocycles. The molecule has 3 N–H and O–H groups in total. The van der Waals surface area contributed by atoms with Crippen LogP contribution in [0, 0.1) is 13.8 Å². The van der Waals surface area contributed by atoms with Gasteiger partial charge in [-0.15, -0.1) is 0 Å². The zero-order valence-corrected chi connectivity index (χ0v) is 7.59. The van der Waals surface area contributed by atoms with Gasteiger partial charge < -0.3 is 10.8 Å². The average Bonchev–Trinajstić information content (AvgIpc) is 2.07. The molecule has 1 aromatic carbocycles. The second-order valence-electron chi connectivity index (χ2n) is 3.04. The van der Waals surface area contributed by atoms with Gasteiger partial charge in [-0.05, 0) is 43.0 Å². The Morgan fingerprint density at radius 3 is 2.50 bits per heavy atom. The van der Waals surface area contributed by atoms with Gasteiger partial charge in [0, 0.05) is 12.3 Å². The Morgan fingerprint density at radius 2 is 1.92 bits per heavy atom. The normalized spacial score (nSPS) is 10.2. The first-order chi connectivity index (χ1) is 5.66. The van der Waals surface area contributed by atoms with E-state index in [2.05, 4.69) is 0 Å². The van der Waals surface area contributed by atoms with E-state index in [1.807, 2.05) is 26.0 Å². The van der Waals surface area contributed by atoms with Crippen molar-refractivity contribution in [1.29, 1.82) is 0 Å². The first kappa shape index (κ1) is 9.07. The van der Waals surface area contributed by atoms with Gasteiger partial charge in [-0.3, -0.25) is 0 Å². The highest BCUT2D eigenvalue weighted by Gasteiger charge is 2.02. The summed E-state index contributed by atoms with van der Waals surface area (Å²) in [5.74, 6) is 0. The summed E-state index contributed by atoms with van der Waals surface area (Å²) in [5.41, 5.74) is 10.1. The summed E-state index contributed by atoms with van der Waals surface area (Å²) in [6, 6.07) is 3.88. The van der Waals surface area contributed by atoms with Crippen LogP contribution in [0.5, 0.6) is 0 Å². The van der Waals surface area contributed by atoms with Crippen LogP contribution >= 0.6 is 0 Å². The highest BCUT2D eigenvalue weighted by atomic mass is 16.2. The molecule has 0 aliphatic rings. The number of benzene rings is 1. The second-order valence-corrected chi connectivity index (χ2v) is 3.04. The number of hydrogen-bond acceptors (Lipinski definition) is 2. The smallest absolute Gasteiger partial charge is 0.0471 e. The Balaban J connectivity index is 3.08. The number of anilines is 1. The van der Waals surface area contributed by atoms with E-state index in [4.69, 9.17) is 10.8 Å². The summed E-state index contributed by atoms with van der Waals surface area (Å²) in [6.07, 6.45) is 0.715. The first-order valence-corrected chi connectivity index (χ1v) is 4.12. The third kappa shape index (κ3) is 1.59. The Hall–Kier alpha value is -1.02. The van der Waals surface area contributed by atoms with Crippen molar-refractivity contribution < 1.29 is 5.11 Å². The number of rotatable bonds is 2. The Labute approximate surface area is 73.0 Å². The van der Waals surface area contributed by atoms with Crippen molar-refractivity contribution in [2.75, 3.05) is 12.3 Å². The quantitative estimate of drug-likeness (QED) is 0.651. The highest BCUT2D eigenvalue weighted by Crippen LogP contribution is 2.19. The minimum absolute atomic E-state index is 0.199. The van der Waals surface area contributed by atoms with Gasteiger partial charge in [-0.25, -0.2) is 0 Å². The van der Waals surface area contributed by atoms with Gasteiger partial charge in [0.05, 0.1) is 0 Å². The molecule has 0 unspecified atom stereocenters. The Bertz CT molecular complexity index is 281. The lowest BCUT2D eigenvalue weighted by atomic mass is 10.00. The molecule has 0 radical (unpaired) electrons. The standard InChI is InChI=1S/C10H15NO/c1-7-8(2)10(11)4-3-9(7)5-6-12/h3-4,12H,5-6,11H2,1-2H3. The lowest BCUT2D eigenvalue weighted by Crippen LogP contribution is -1.99. The van der Waals surface area contributed by atoms with Crippen LogP contribution < -0.4 is 5.73 Å².